The van der Waals surface area contributed by atoms with Gasteiger partial charge in [0.15, 0.2) is 0 Å². The maximum atomic E-state index is 11.6. The van der Waals surface area contributed by atoms with Crippen LogP contribution in [0.1, 0.15) is 6.92 Å². The lowest BCUT2D eigenvalue weighted by atomic mass is 10.2. The number of nitrogens with zero attached hydrogens (tertiary/aromatic N) is 1. The van der Waals surface area contributed by atoms with Crippen molar-refractivity contribution in [1.82, 2.24) is 10.2 Å². The Hall–Kier alpha value is -2.36. The minimum Gasteiger partial charge on any atom is -0.322 e. The number of hydrogen-bond donors (Lipinski definition) is 2. The van der Waals surface area contributed by atoms with E-state index in [9.17, 15) is 4.79 Å². The summed E-state index contributed by atoms with van der Waals surface area (Å²) in [6, 6.07) is 5.62. The summed E-state index contributed by atoms with van der Waals surface area (Å²) in [7, 11) is 0. The Labute approximate surface area is 99.0 Å². The highest BCUT2D eigenvalue weighted by Crippen LogP contribution is 2.20. The molecule has 0 saturated heterocycles. The van der Waals surface area contributed by atoms with Crippen LogP contribution in [0.4, 0.5) is 5.69 Å². The molecule has 2 aromatic rings. The van der Waals surface area contributed by atoms with E-state index in [2.05, 4.69) is 15.5 Å². The second-order valence-corrected chi connectivity index (χ2v) is 3.51. The van der Waals surface area contributed by atoms with Gasteiger partial charge in [-0.2, -0.15) is 5.10 Å². The molecule has 1 heterocycles. The van der Waals surface area contributed by atoms with Crippen LogP contribution in [0.5, 0.6) is 0 Å². The number of aromatic amines is 1. The largest absolute Gasteiger partial charge is 0.322 e. The fourth-order valence-electron chi connectivity index (χ4n) is 1.51. The number of carbonyl (C=O) groups is 1. The third kappa shape index (κ3) is 2.60. The average molecular weight is 227 g/mol. The van der Waals surface area contributed by atoms with Crippen molar-refractivity contribution in [2.24, 2.45) is 0 Å². The molecule has 2 rings (SSSR count). The molecule has 0 spiro atoms. The van der Waals surface area contributed by atoms with Gasteiger partial charge in [0.25, 0.3) is 0 Å². The third-order valence-electron chi connectivity index (χ3n) is 2.29. The van der Waals surface area contributed by atoms with Crippen LogP contribution in [0, 0.1) is 0 Å². The number of H-pyrrole nitrogens is 1. The summed E-state index contributed by atoms with van der Waals surface area (Å²) in [5.74, 6) is -0.156. The summed E-state index contributed by atoms with van der Waals surface area (Å²) in [6.45, 7) is 1.90. The molecule has 0 atom stereocenters. The molecule has 86 valence electrons. The van der Waals surface area contributed by atoms with Gasteiger partial charge >= 0.3 is 0 Å². The van der Waals surface area contributed by atoms with Crippen molar-refractivity contribution in [3.05, 3.63) is 48.7 Å². The Morgan fingerprint density at radius 1 is 1.41 bits per heavy atom. The first-order chi connectivity index (χ1) is 8.31. The molecule has 4 nitrogen and oxygen atoms in total. The van der Waals surface area contributed by atoms with Crippen LogP contribution in [-0.2, 0) is 4.79 Å². The Bertz CT molecular complexity index is 581. The first kappa shape index (κ1) is 11.1. The zero-order valence-electron chi connectivity index (χ0n) is 9.47. The number of benzene rings is 1. The van der Waals surface area contributed by atoms with E-state index in [4.69, 9.17) is 0 Å². The molecule has 0 unspecified atom stereocenters. The predicted octanol–water partition coefficient (Wildman–Crippen LogP) is 2.63. The molecule has 0 aliphatic rings. The van der Waals surface area contributed by atoms with E-state index >= 15 is 0 Å². The van der Waals surface area contributed by atoms with Crippen LogP contribution < -0.4 is 5.32 Å². The molecule has 2 N–H and O–H groups in total. The highest BCUT2D eigenvalue weighted by atomic mass is 16.1. The minimum absolute atomic E-state index is 0.156. The number of fused-ring (bicyclic) bond motifs is 1. The second-order valence-electron chi connectivity index (χ2n) is 3.51. The molecule has 1 aromatic carbocycles. The number of rotatable bonds is 3. The van der Waals surface area contributed by atoms with E-state index in [1.165, 1.54) is 6.08 Å². The highest BCUT2D eigenvalue weighted by Gasteiger charge is 2.03. The molecule has 0 saturated carbocycles. The maximum absolute atomic E-state index is 11.6. The van der Waals surface area contributed by atoms with Crippen LogP contribution >= 0.6 is 0 Å². The summed E-state index contributed by atoms with van der Waals surface area (Å²) in [5.41, 5.74) is 1.66. The fraction of sp³-hybridized carbons (Fsp3) is 0.0769. The van der Waals surface area contributed by atoms with Gasteiger partial charge in [-0.3, -0.25) is 9.89 Å². The lowest BCUT2D eigenvalue weighted by molar-refractivity contribution is -0.111. The lowest BCUT2D eigenvalue weighted by Gasteiger charge is -2.02. The first-order valence-electron chi connectivity index (χ1n) is 5.33. The lowest BCUT2D eigenvalue weighted by Crippen LogP contribution is -2.07. The maximum Gasteiger partial charge on any atom is 0.248 e. The molecule has 1 amide bonds. The first-order valence-corrected chi connectivity index (χ1v) is 5.33. The number of anilines is 1. The number of nitrogens with one attached hydrogen (secondary N) is 2. The van der Waals surface area contributed by atoms with Crippen molar-refractivity contribution >= 4 is 22.5 Å². The normalized spacial score (nSPS) is 11.6. The molecule has 0 bridgehead atoms. The van der Waals surface area contributed by atoms with Gasteiger partial charge in [0, 0.05) is 11.5 Å². The van der Waals surface area contributed by atoms with Gasteiger partial charge in [-0.15, -0.1) is 0 Å². The van der Waals surface area contributed by atoms with Gasteiger partial charge in [-0.05, 0) is 19.1 Å². The van der Waals surface area contributed by atoms with E-state index in [1.54, 1.807) is 18.3 Å². The van der Waals surface area contributed by atoms with Gasteiger partial charge in [0.05, 0.1) is 17.4 Å². The van der Waals surface area contributed by atoms with E-state index in [1.807, 2.05) is 31.2 Å². The molecule has 0 radical (unpaired) electrons. The molecule has 0 aliphatic carbocycles. The topological polar surface area (TPSA) is 57.8 Å². The Kier molecular flexibility index (Phi) is 3.35. The fourth-order valence-corrected chi connectivity index (χ4v) is 1.51. The van der Waals surface area contributed by atoms with Crippen molar-refractivity contribution < 1.29 is 4.79 Å². The molecule has 4 heteroatoms. The number of amides is 1. The van der Waals surface area contributed by atoms with Crippen molar-refractivity contribution in [2.75, 3.05) is 5.32 Å². The number of carbonyl (C=O) groups excluding carboxylic acids is 1. The van der Waals surface area contributed by atoms with E-state index in [0.717, 1.165) is 16.6 Å². The summed E-state index contributed by atoms with van der Waals surface area (Å²) in [6.07, 6.45) is 8.54. The SMILES string of the molecule is C/C=C/C=C/C(=O)Nc1cccc2[nH]ncc12. The smallest absolute Gasteiger partial charge is 0.248 e. The van der Waals surface area contributed by atoms with E-state index < -0.39 is 0 Å². The third-order valence-corrected chi connectivity index (χ3v) is 2.29. The van der Waals surface area contributed by atoms with Crippen LogP contribution in [0.15, 0.2) is 48.7 Å². The quantitative estimate of drug-likeness (QED) is 0.625. The zero-order valence-corrected chi connectivity index (χ0v) is 9.47. The predicted molar refractivity (Wildman–Crippen MR) is 68.7 cm³/mol. The van der Waals surface area contributed by atoms with Gasteiger partial charge in [-0.25, -0.2) is 0 Å². The van der Waals surface area contributed by atoms with Gasteiger partial charge in [0.2, 0.25) is 5.91 Å². The Balaban J connectivity index is 2.18. The standard InChI is InChI=1S/C13H13N3O/c1-2-3-4-8-13(17)15-11-6-5-7-12-10(11)9-14-16-12/h2-9H,1H3,(H,14,16)(H,15,17)/b3-2+,8-4+. The molecule has 17 heavy (non-hydrogen) atoms. The minimum atomic E-state index is -0.156. The summed E-state index contributed by atoms with van der Waals surface area (Å²) in [5, 5.41) is 10.5. The van der Waals surface area contributed by atoms with Gasteiger partial charge in [0.1, 0.15) is 0 Å². The van der Waals surface area contributed by atoms with Crippen LogP contribution in [0.3, 0.4) is 0 Å². The second kappa shape index (κ2) is 5.12. The van der Waals surface area contributed by atoms with Crippen molar-refractivity contribution in [3.63, 3.8) is 0 Å². The Morgan fingerprint density at radius 2 is 2.29 bits per heavy atom. The Morgan fingerprint density at radius 3 is 3.12 bits per heavy atom. The van der Waals surface area contributed by atoms with Crippen molar-refractivity contribution in [2.45, 2.75) is 6.92 Å². The molecule has 1 aromatic heterocycles. The summed E-state index contributed by atoms with van der Waals surface area (Å²) in [4.78, 5) is 11.6. The van der Waals surface area contributed by atoms with E-state index in [-0.39, 0.29) is 5.91 Å². The molecular weight excluding hydrogens is 214 g/mol. The summed E-state index contributed by atoms with van der Waals surface area (Å²) >= 11 is 0. The highest BCUT2D eigenvalue weighted by molar-refractivity contribution is 6.05. The van der Waals surface area contributed by atoms with Crippen molar-refractivity contribution in [3.8, 4) is 0 Å². The number of allylic oxidation sites excluding steroid dienone is 3. The van der Waals surface area contributed by atoms with Gasteiger partial charge in [-0.1, -0.05) is 24.3 Å². The van der Waals surface area contributed by atoms with Gasteiger partial charge < -0.3 is 5.32 Å². The van der Waals surface area contributed by atoms with E-state index in [0.29, 0.717) is 0 Å². The van der Waals surface area contributed by atoms with Crippen LogP contribution in [0.25, 0.3) is 10.9 Å². The van der Waals surface area contributed by atoms with Crippen LogP contribution in [-0.4, -0.2) is 16.1 Å². The van der Waals surface area contributed by atoms with Crippen molar-refractivity contribution in [1.29, 1.82) is 0 Å². The molecule has 0 fully saturated rings. The number of aromatic nitrogens is 2. The number of hydrogen-bond acceptors (Lipinski definition) is 2. The average Bonchev–Trinajstić information content (AvgIpc) is 2.78. The molecule has 0 aliphatic heterocycles. The zero-order chi connectivity index (χ0) is 12.1. The summed E-state index contributed by atoms with van der Waals surface area (Å²) < 4.78 is 0. The molecular formula is C13H13N3O. The monoisotopic (exact) mass is 227 g/mol. The van der Waals surface area contributed by atoms with Crippen LogP contribution in [0.2, 0.25) is 0 Å².